The molecule has 90 valence electrons. The number of rotatable bonds is 3. The van der Waals surface area contributed by atoms with Crippen molar-refractivity contribution in [3.63, 3.8) is 0 Å². The Morgan fingerprint density at radius 2 is 2.06 bits per heavy atom. The summed E-state index contributed by atoms with van der Waals surface area (Å²) in [4.78, 5) is 2.54. The zero-order valence-electron chi connectivity index (χ0n) is 9.68. The summed E-state index contributed by atoms with van der Waals surface area (Å²) in [5, 5.41) is 3.29. The molecule has 1 N–H and O–H groups in total. The van der Waals surface area contributed by atoms with Crippen molar-refractivity contribution in [3.05, 3.63) is 49.9 Å². The number of nitrogens with one attached hydrogen (secondary N) is 1. The summed E-state index contributed by atoms with van der Waals surface area (Å²) < 4.78 is 14.2. The monoisotopic (exact) mass is 313 g/mol. The largest absolute Gasteiger partial charge is 0.380 e. The van der Waals surface area contributed by atoms with Crippen molar-refractivity contribution in [2.75, 3.05) is 5.32 Å². The molecule has 0 atom stereocenters. The van der Waals surface area contributed by atoms with Crippen molar-refractivity contribution < 1.29 is 4.39 Å². The highest BCUT2D eigenvalue weighted by Gasteiger charge is 2.03. The van der Waals surface area contributed by atoms with Crippen molar-refractivity contribution in [2.24, 2.45) is 0 Å². The molecule has 0 saturated heterocycles. The molecular formula is C13H13BrFNS. The van der Waals surface area contributed by atoms with Crippen molar-refractivity contribution in [1.29, 1.82) is 0 Å². The van der Waals surface area contributed by atoms with Crippen molar-refractivity contribution in [2.45, 2.75) is 20.4 Å². The fourth-order valence-corrected chi connectivity index (χ4v) is 3.09. The smallest absolute Gasteiger partial charge is 0.126 e. The minimum Gasteiger partial charge on any atom is -0.380 e. The lowest BCUT2D eigenvalue weighted by Gasteiger charge is -2.06. The lowest BCUT2D eigenvalue weighted by molar-refractivity contribution is 0.618. The van der Waals surface area contributed by atoms with E-state index in [1.54, 1.807) is 24.3 Å². The molecule has 0 aliphatic carbocycles. The van der Waals surface area contributed by atoms with Crippen LogP contribution in [0.3, 0.4) is 0 Å². The molecular weight excluding hydrogens is 301 g/mol. The third kappa shape index (κ3) is 3.07. The predicted molar refractivity (Wildman–Crippen MR) is 75.2 cm³/mol. The molecule has 17 heavy (non-hydrogen) atoms. The van der Waals surface area contributed by atoms with E-state index in [2.05, 4.69) is 34.2 Å². The van der Waals surface area contributed by atoms with E-state index in [9.17, 15) is 4.39 Å². The highest BCUT2D eigenvalue weighted by atomic mass is 79.9. The van der Waals surface area contributed by atoms with Gasteiger partial charge in [-0.05, 0) is 59.6 Å². The van der Waals surface area contributed by atoms with Gasteiger partial charge in [-0.15, -0.1) is 11.3 Å². The van der Waals surface area contributed by atoms with E-state index in [1.807, 2.05) is 6.07 Å². The maximum absolute atomic E-state index is 13.1. The lowest BCUT2D eigenvalue weighted by Crippen LogP contribution is -1.98. The SMILES string of the molecule is Cc1cc(NCc2cc(Br)c(C)s2)ccc1F. The third-order valence-electron chi connectivity index (χ3n) is 2.53. The molecule has 0 saturated carbocycles. The van der Waals surface area contributed by atoms with Crippen LogP contribution in [-0.4, -0.2) is 0 Å². The second-order valence-electron chi connectivity index (χ2n) is 3.93. The summed E-state index contributed by atoms with van der Waals surface area (Å²) in [5.41, 5.74) is 1.62. The molecule has 0 aliphatic heterocycles. The van der Waals surface area contributed by atoms with Gasteiger partial charge in [0.1, 0.15) is 5.82 Å². The Balaban J connectivity index is 2.04. The normalized spacial score (nSPS) is 10.6. The number of hydrogen-bond donors (Lipinski definition) is 1. The Hall–Kier alpha value is -0.870. The second-order valence-corrected chi connectivity index (χ2v) is 6.13. The molecule has 0 bridgehead atoms. The van der Waals surface area contributed by atoms with Gasteiger partial charge in [0.05, 0.1) is 0 Å². The summed E-state index contributed by atoms with van der Waals surface area (Å²) >= 11 is 5.25. The molecule has 1 aromatic carbocycles. The van der Waals surface area contributed by atoms with E-state index in [0.717, 1.165) is 16.7 Å². The first-order valence-corrected chi connectivity index (χ1v) is 6.92. The Labute approximate surface area is 113 Å². The standard InChI is InChI=1S/C13H13BrFNS/c1-8-5-10(3-4-13(8)15)16-7-11-6-12(14)9(2)17-11/h3-6,16H,7H2,1-2H3. The summed E-state index contributed by atoms with van der Waals surface area (Å²) in [6, 6.07) is 7.19. The van der Waals surface area contributed by atoms with Crippen molar-refractivity contribution in [1.82, 2.24) is 0 Å². The van der Waals surface area contributed by atoms with Gasteiger partial charge in [-0.3, -0.25) is 0 Å². The minimum atomic E-state index is -0.162. The summed E-state index contributed by atoms with van der Waals surface area (Å²) in [6.07, 6.45) is 0. The molecule has 4 heteroatoms. The van der Waals surface area contributed by atoms with Crippen LogP contribution in [-0.2, 0) is 6.54 Å². The van der Waals surface area contributed by atoms with Gasteiger partial charge >= 0.3 is 0 Å². The lowest BCUT2D eigenvalue weighted by atomic mass is 10.2. The van der Waals surface area contributed by atoms with E-state index >= 15 is 0 Å². The van der Waals surface area contributed by atoms with Gasteiger partial charge in [0, 0.05) is 26.5 Å². The van der Waals surface area contributed by atoms with Crippen LogP contribution in [0.2, 0.25) is 0 Å². The molecule has 1 nitrogen and oxygen atoms in total. The second kappa shape index (κ2) is 5.19. The van der Waals surface area contributed by atoms with Crippen molar-refractivity contribution >= 4 is 33.0 Å². The quantitative estimate of drug-likeness (QED) is 0.851. The summed E-state index contributed by atoms with van der Waals surface area (Å²) in [5.74, 6) is -0.162. The van der Waals surface area contributed by atoms with Gasteiger partial charge < -0.3 is 5.32 Å². The molecule has 1 heterocycles. The van der Waals surface area contributed by atoms with Gasteiger partial charge in [-0.1, -0.05) is 0 Å². The Kier molecular flexibility index (Phi) is 3.84. The highest BCUT2D eigenvalue weighted by molar-refractivity contribution is 9.10. The molecule has 0 aliphatic rings. The fraction of sp³-hybridized carbons (Fsp3) is 0.231. The molecule has 1 aromatic heterocycles. The molecule has 0 amide bonds. The summed E-state index contributed by atoms with van der Waals surface area (Å²) in [6.45, 7) is 4.62. The Morgan fingerprint density at radius 1 is 1.29 bits per heavy atom. The topological polar surface area (TPSA) is 12.0 Å². The van der Waals surface area contributed by atoms with Gasteiger partial charge in [-0.2, -0.15) is 0 Å². The van der Waals surface area contributed by atoms with E-state index in [4.69, 9.17) is 0 Å². The zero-order chi connectivity index (χ0) is 12.4. The van der Waals surface area contributed by atoms with Crippen molar-refractivity contribution in [3.8, 4) is 0 Å². The maximum atomic E-state index is 13.1. The first-order chi connectivity index (χ1) is 8.06. The maximum Gasteiger partial charge on any atom is 0.126 e. The van der Waals surface area contributed by atoms with Crippen LogP contribution in [0.1, 0.15) is 15.3 Å². The first kappa shape index (κ1) is 12.6. The van der Waals surface area contributed by atoms with Crippen LogP contribution in [0.25, 0.3) is 0 Å². The Bertz CT molecular complexity index is 517. The van der Waals surface area contributed by atoms with E-state index in [1.165, 1.54) is 15.8 Å². The minimum absolute atomic E-state index is 0.162. The van der Waals surface area contributed by atoms with Crippen LogP contribution in [0.5, 0.6) is 0 Å². The van der Waals surface area contributed by atoms with E-state index in [-0.39, 0.29) is 5.82 Å². The number of hydrogen-bond acceptors (Lipinski definition) is 2. The van der Waals surface area contributed by atoms with Crippen LogP contribution in [0.4, 0.5) is 10.1 Å². The first-order valence-electron chi connectivity index (χ1n) is 5.31. The molecule has 0 fully saturated rings. The average Bonchev–Trinajstić information content (AvgIpc) is 2.60. The average molecular weight is 314 g/mol. The third-order valence-corrected chi connectivity index (χ3v) is 4.67. The number of halogens is 2. The van der Waals surface area contributed by atoms with Gasteiger partial charge in [0.15, 0.2) is 0 Å². The highest BCUT2D eigenvalue weighted by Crippen LogP contribution is 2.27. The molecule has 2 rings (SSSR count). The van der Waals surface area contributed by atoms with Gasteiger partial charge in [0.2, 0.25) is 0 Å². The van der Waals surface area contributed by atoms with E-state index in [0.29, 0.717) is 5.56 Å². The fourth-order valence-electron chi connectivity index (χ4n) is 1.55. The molecule has 0 unspecified atom stereocenters. The molecule has 2 aromatic rings. The van der Waals surface area contributed by atoms with E-state index < -0.39 is 0 Å². The van der Waals surface area contributed by atoms with Gasteiger partial charge in [-0.25, -0.2) is 4.39 Å². The number of anilines is 1. The van der Waals surface area contributed by atoms with Crippen LogP contribution >= 0.6 is 27.3 Å². The van der Waals surface area contributed by atoms with Crippen LogP contribution < -0.4 is 5.32 Å². The van der Waals surface area contributed by atoms with Gasteiger partial charge in [0.25, 0.3) is 0 Å². The molecule has 0 spiro atoms. The van der Waals surface area contributed by atoms with Crippen LogP contribution in [0, 0.1) is 19.7 Å². The molecule has 0 radical (unpaired) electrons. The number of benzene rings is 1. The predicted octanol–water partition coefficient (Wildman–Crippen LogP) is 4.88. The zero-order valence-corrected chi connectivity index (χ0v) is 12.1. The number of thiophene rings is 1. The van der Waals surface area contributed by atoms with Crippen LogP contribution in [0.15, 0.2) is 28.7 Å². The summed E-state index contributed by atoms with van der Waals surface area (Å²) in [7, 11) is 0. The Morgan fingerprint density at radius 3 is 2.65 bits per heavy atom. The number of aryl methyl sites for hydroxylation is 2.